The molecule has 0 amide bonds. The Morgan fingerprint density at radius 3 is 2.53 bits per heavy atom. The maximum Gasteiger partial charge on any atom is 0.337 e. The van der Waals surface area contributed by atoms with Gasteiger partial charge in [0.15, 0.2) is 0 Å². The molecule has 0 saturated carbocycles. The Labute approximate surface area is 102 Å². The van der Waals surface area contributed by atoms with Gasteiger partial charge in [0.2, 0.25) is 0 Å². The first kappa shape index (κ1) is 13.5. The zero-order chi connectivity index (χ0) is 13.2. The standard InChI is InChI=1S/C13H20N2O2/c1-6-13(3,4)15(5)11-9(2)7-10(8-14-11)12(16)17/h7-8H,6H2,1-5H3,(H,16,17). The van der Waals surface area contributed by atoms with Crippen molar-refractivity contribution >= 4 is 11.8 Å². The molecule has 4 heteroatoms. The fraction of sp³-hybridized carbons (Fsp3) is 0.538. The fourth-order valence-corrected chi connectivity index (χ4v) is 1.56. The zero-order valence-corrected chi connectivity index (χ0v) is 11.1. The van der Waals surface area contributed by atoms with E-state index in [0.717, 1.165) is 17.8 Å². The summed E-state index contributed by atoms with van der Waals surface area (Å²) in [6.45, 7) is 8.28. The summed E-state index contributed by atoms with van der Waals surface area (Å²) in [5.41, 5.74) is 1.12. The molecule has 0 atom stereocenters. The Morgan fingerprint density at radius 1 is 1.53 bits per heavy atom. The van der Waals surface area contributed by atoms with Crippen LogP contribution in [0.4, 0.5) is 5.82 Å². The van der Waals surface area contributed by atoms with Crippen LogP contribution >= 0.6 is 0 Å². The first-order valence-electron chi connectivity index (χ1n) is 5.73. The quantitative estimate of drug-likeness (QED) is 0.873. The highest BCUT2D eigenvalue weighted by atomic mass is 16.4. The van der Waals surface area contributed by atoms with Gasteiger partial charge in [0.25, 0.3) is 0 Å². The van der Waals surface area contributed by atoms with Crippen molar-refractivity contribution in [2.24, 2.45) is 0 Å². The van der Waals surface area contributed by atoms with Crippen LogP contribution in [0.25, 0.3) is 0 Å². The van der Waals surface area contributed by atoms with Gasteiger partial charge in [-0.3, -0.25) is 0 Å². The second kappa shape index (κ2) is 4.73. The minimum Gasteiger partial charge on any atom is -0.478 e. The summed E-state index contributed by atoms with van der Waals surface area (Å²) in [4.78, 5) is 17.2. The first-order valence-corrected chi connectivity index (χ1v) is 5.73. The van der Waals surface area contributed by atoms with E-state index in [2.05, 4.69) is 30.7 Å². The number of rotatable bonds is 4. The number of aromatic nitrogens is 1. The molecule has 4 nitrogen and oxygen atoms in total. The van der Waals surface area contributed by atoms with E-state index in [1.54, 1.807) is 6.07 Å². The van der Waals surface area contributed by atoms with Crippen molar-refractivity contribution in [3.8, 4) is 0 Å². The van der Waals surface area contributed by atoms with Crippen LogP contribution in [-0.2, 0) is 0 Å². The summed E-state index contributed by atoms with van der Waals surface area (Å²) in [5, 5.41) is 8.89. The van der Waals surface area contributed by atoms with Gasteiger partial charge in [0.05, 0.1) is 5.56 Å². The molecule has 0 unspecified atom stereocenters. The first-order chi connectivity index (χ1) is 7.79. The van der Waals surface area contributed by atoms with Crippen molar-refractivity contribution in [2.45, 2.75) is 39.7 Å². The lowest BCUT2D eigenvalue weighted by molar-refractivity contribution is 0.0696. The van der Waals surface area contributed by atoms with Crippen molar-refractivity contribution in [1.82, 2.24) is 4.98 Å². The molecule has 0 aliphatic heterocycles. The maximum atomic E-state index is 10.8. The van der Waals surface area contributed by atoms with E-state index < -0.39 is 5.97 Å². The second-order valence-corrected chi connectivity index (χ2v) is 4.89. The van der Waals surface area contributed by atoms with Crippen molar-refractivity contribution in [3.05, 3.63) is 23.4 Å². The van der Waals surface area contributed by atoms with Crippen LogP contribution in [0.3, 0.4) is 0 Å². The van der Waals surface area contributed by atoms with Crippen LogP contribution in [0.5, 0.6) is 0 Å². The van der Waals surface area contributed by atoms with Gasteiger partial charge in [-0.15, -0.1) is 0 Å². The predicted octanol–water partition coefficient (Wildman–Crippen LogP) is 2.71. The van der Waals surface area contributed by atoms with Gasteiger partial charge in [-0.2, -0.15) is 0 Å². The Balaban J connectivity index is 3.12. The second-order valence-electron chi connectivity index (χ2n) is 4.89. The molecule has 0 aliphatic rings. The summed E-state index contributed by atoms with van der Waals surface area (Å²) >= 11 is 0. The zero-order valence-electron chi connectivity index (χ0n) is 11.1. The lowest BCUT2D eigenvalue weighted by Crippen LogP contribution is -2.41. The molecule has 1 aromatic heterocycles. The fourth-order valence-electron chi connectivity index (χ4n) is 1.56. The number of aromatic carboxylic acids is 1. The van der Waals surface area contributed by atoms with Gasteiger partial charge in [-0.05, 0) is 38.8 Å². The Hall–Kier alpha value is -1.58. The highest BCUT2D eigenvalue weighted by Crippen LogP contribution is 2.26. The summed E-state index contributed by atoms with van der Waals surface area (Å²) in [6, 6.07) is 1.66. The van der Waals surface area contributed by atoms with E-state index in [0.29, 0.717) is 0 Å². The summed E-state index contributed by atoms with van der Waals surface area (Å²) in [6.07, 6.45) is 2.40. The Morgan fingerprint density at radius 2 is 2.12 bits per heavy atom. The summed E-state index contributed by atoms with van der Waals surface area (Å²) < 4.78 is 0. The molecule has 1 aromatic rings. The van der Waals surface area contributed by atoms with E-state index in [4.69, 9.17) is 5.11 Å². The van der Waals surface area contributed by atoms with Crippen LogP contribution in [-0.4, -0.2) is 28.6 Å². The Bertz CT molecular complexity index is 427. The lowest BCUT2D eigenvalue weighted by atomic mass is 9.99. The number of nitrogens with zero attached hydrogens (tertiary/aromatic N) is 2. The van der Waals surface area contributed by atoms with Crippen molar-refractivity contribution in [2.75, 3.05) is 11.9 Å². The van der Waals surface area contributed by atoms with Crippen LogP contribution in [0.15, 0.2) is 12.3 Å². The molecule has 0 radical (unpaired) electrons. The SMILES string of the molecule is CCC(C)(C)N(C)c1ncc(C(=O)O)cc1C. The molecule has 1 heterocycles. The number of anilines is 1. The number of carboxylic acids is 1. The highest BCUT2D eigenvalue weighted by molar-refractivity contribution is 5.87. The van der Waals surface area contributed by atoms with Gasteiger partial charge in [0.1, 0.15) is 5.82 Å². The van der Waals surface area contributed by atoms with Gasteiger partial charge < -0.3 is 10.0 Å². The van der Waals surface area contributed by atoms with Crippen LogP contribution < -0.4 is 4.90 Å². The number of pyridine rings is 1. The molecule has 1 rings (SSSR count). The molecule has 94 valence electrons. The average Bonchev–Trinajstić information content (AvgIpc) is 2.27. The molecular weight excluding hydrogens is 216 g/mol. The van der Waals surface area contributed by atoms with E-state index >= 15 is 0 Å². The normalized spacial score (nSPS) is 11.4. The van der Waals surface area contributed by atoms with Crippen molar-refractivity contribution in [3.63, 3.8) is 0 Å². The molecule has 1 N–H and O–H groups in total. The average molecular weight is 236 g/mol. The van der Waals surface area contributed by atoms with Gasteiger partial charge >= 0.3 is 5.97 Å². The molecule has 0 fully saturated rings. The molecular formula is C13H20N2O2. The van der Waals surface area contributed by atoms with Gasteiger partial charge in [-0.25, -0.2) is 9.78 Å². The third-order valence-corrected chi connectivity index (χ3v) is 3.39. The van der Waals surface area contributed by atoms with E-state index in [-0.39, 0.29) is 11.1 Å². The minimum absolute atomic E-state index is 0.00248. The van der Waals surface area contributed by atoms with E-state index in [1.807, 2.05) is 14.0 Å². The number of aryl methyl sites for hydroxylation is 1. The maximum absolute atomic E-state index is 10.8. The minimum atomic E-state index is -0.940. The van der Waals surface area contributed by atoms with Gasteiger partial charge in [0, 0.05) is 18.8 Å². The molecule has 0 bridgehead atoms. The molecule has 0 spiro atoms. The number of carbonyl (C=O) groups is 1. The van der Waals surface area contributed by atoms with Crippen molar-refractivity contribution in [1.29, 1.82) is 0 Å². The topological polar surface area (TPSA) is 53.4 Å². The smallest absolute Gasteiger partial charge is 0.337 e. The lowest BCUT2D eigenvalue weighted by Gasteiger charge is -2.36. The third kappa shape index (κ3) is 2.75. The van der Waals surface area contributed by atoms with E-state index in [1.165, 1.54) is 6.20 Å². The largest absolute Gasteiger partial charge is 0.478 e. The highest BCUT2D eigenvalue weighted by Gasteiger charge is 2.23. The van der Waals surface area contributed by atoms with Gasteiger partial charge in [-0.1, -0.05) is 6.92 Å². The monoisotopic (exact) mass is 236 g/mol. The van der Waals surface area contributed by atoms with Crippen molar-refractivity contribution < 1.29 is 9.90 Å². The number of hydrogen-bond acceptors (Lipinski definition) is 3. The molecule has 17 heavy (non-hydrogen) atoms. The van der Waals surface area contributed by atoms with Crippen LogP contribution in [0.2, 0.25) is 0 Å². The summed E-state index contributed by atoms with van der Waals surface area (Å²) in [7, 11) is 1.99. The Kier molecular flexibility index (Phi) is 3.76. The number of carboxylic acid groups (broad SMARTS) is 1. The molecule has 0 aliphatic carbocycles. The summed E-state index contributed by atoms with van der Waals surface area (Å²) in [5.74, 6) is -0.105. The van der Waals surface area contributed by atoms with Crippen LogP contribution in [0.1, 0.15) is 43.1 Å². The predicted molar refractivity (Wildman–Crippen MR) is 68.7 cm³/mol. The molecule has 0 aromatic carbocycles. The molecule has 0 saturated heterocycles. The third-order valence-electron chi connectivity index (χ3n) is 3.39. The number of hydrogen-bond donors (Lipinski definition) is 1. The van der Waals surface area contributed by atoms with E-state index in [9.17, 15) is 4.79 Å². The van der Waals surface area contributed by atoms with Crippen LogP contribution in [0, 0.1) is 6.92 Å².